The lowest BCUT2D eigenvalue weighted by Gasteiger charge is -2.14. The Hall–Kier alpha value is -1.04. The van der Waals surface area contributed by atoms with Gasteiger partial charge in [0.1, 0.15) is 0 Å². The van der Waals surface area contributed by atoms with Crippen LogP contribution in [0.15, 0.2) is 11.2 Å². The first-order valence-corrected chi connectivity index (χ1v) is 7.63. The smallest absolute Gasteiger partial charge is 0.376 e. The summed E-state index contributed by atoms with van der Waals surface area (Å²) in [4.78, 5) is 4.22. The fourth-order valence-corrected chi connectivity index (χ4v) is 2.41. The zero-order valence-corrected chi connectivity index (χ0v) is 16.0. The molecule has 2 rings (SSSR count). The Labute approximate surface area is 156 Å². The first kappa shape index (κ1) is 21.0. The van der Waals surface area contributed by atoms with Gasteiger partial charge in [-0.05, 0) is 19.8 Å². The lowest BCUT2D eigenvalue weighted by molar-refractivity contribution is -0.142. The molecule has 10 heteroatoms. The van der Waals surface area contributed by atoms with E-state index in [0.29, 0.717) is 19.0 Å². The van der Waals surface area contributed by atoms with Crippen molar-refractivity contribution in [3.63, 3.8) is 0 Å². The number of hydrogen-bond acceptors (Lipinski definition) is 3. The van der Waals surface area contributed by atoms with Crippen molar-refractivity contribution in [1.29, 1.82) is 0 Å². The van der Waals surface area contributed by atoms with E-state index in [0.717, 1.165) is 24.1 Å². The van der Waals surface area contributed by atoms with Gasteiger partial charge in [0.2, 0.25) is 0 Å². The van der Waals surface area contributed by atoms with Crippen LogP contribution in [0.4, 0.5) is 13.2 Å². The highest BCUT2D eigenvalue weighted by Gasteiger charge is 2.36. The third kappa shape index (κ3) is 6.11. The number of rotatable bonds is 5. The van der Waals surface area contributed by atoms with E-state index in [2.05, 4.69) is 20.7 Å². The fourth-order valence-electron chi connectivity index (χ4n) is 2.41. The summed E-state index contributed by atoms with van der Waals surface area (Å²) in [5.41, 5.74) is -0.840. The van der Waals surface area contributed by atoms with Gasteiger partial charge in [-0.3, -0.25) is 4.68 Å². The van der Waals surface area contributed by atoms with Crippen molar-refractivity contribution >= 4 is 29.9 Å². The monoisotopic (exact) mass is 461 g/mol. The third-order valence-electron chi connectivity index (χ3n) is 3.45. The molecule has 0 aliphatic carbocycles. The molecule has 1 aliphatic heterocycles. The van der Waals surface area contributed by atoms with Gasteiger partial charge >= 0.3 is 6.18 Å². The molecule has 2 heterocycles. The summed E-state index contributed by atoms with van der Waals surface area (Å²) in [6, 6.07) is 0. The van der Waals surface area contributed by atoms with Gasteiger partial charge in [0.05, 0.1) is 12.6 Å². The second kappa shape index (κ2) is 9.44. The first-order valence-electron chi connectivity index (χ1n) is 7.63. The van der Waals surface area contributed by atoms with Crippen LogP contribution in [0.25, 0.3) is 0 Å². The average molecular weight is 461 g/mol. The largest absolute Gasteiger partial charge is 0.435 e. The van der Waals surface area contributed by atoms with Crippen LogP contribution in [0.1, 0.15) is 31.0 Å². The normalized spacial score (nSPS) is 18.4. The Morgan fingerprint density at radius 1 is 1.46 bits per heavy atom. The van der Waals surface area contributed by atoms with E-state index in [-0.39, 0.29) is 42.2 Å². The van der Waals surface area contributed by atoms with E-state index < -0.39 is 11.9 Å². The van der Waals surface area contributed by atoms with Gasteiger partial charge < -0.3 is 15.4 Å². The highest BCUT2D eigenvalue weighted by molar-refractivity contribution is 14.0. The van der Waals surface area contributed by atoms with Crippen LogP contribution in [0, 0.1) is 0 Å². The van der Waals surface area contributed by atoms with Crippen LogP contribution in [-0.2, 0) is 24.5 Å². The molecule has 2 N–H and O–H groups in total. The number of alkyl halides is 3. The lowest BCUT2D eigenvalue weighted by atomic mass is 10.2. The van der Waals surface area contributed by atoms with Crippen molar-refractivity contribution in [2.45, 2.75) is 38.6 Å². The van der Waals surface area contributed by atoms with Gasteiger partial charge in [-0.15, -0.1) is 24.0 Å². The third-order valence-corrected chi connectivity index (χ3v) is 3.45. The van der Waals surface area contributed by atoms with Crippen LogP contribution in [0.3, 0.4) is 0 Å². The second-order valence-electron chi connectivity index (χ2n) is 5.39. The zero-order chi connectivity index (χ0) is 16.9. The van der Waals surface area contributed by atoms with Crippen LogP contribution < -0.4 is 10.6 Å². The highest BCUT2D eigenvalue weighted by atomic mass is 127. The van der Waals surface area contributed by atoms with Gasteiger partial charge in [0.15, 0.2) is 11.7 Å². The number of nitrogens with one attached hydrogen (secondary N) is 2. The summed E-state index contributed by atoms with van der Waals surface area (Å²) in [6.07, 6.45) is -0.994. The molecule has 138 valence electrons. The van der Waals surface area contributed by atoms with E-state index in [1.54, 1.807) is 0 Å². The highest BCUT2D eigenvalue weighted by Crippen LogP contribution is 2.30. The van der Waals surface area contributed by atoms with E-state index in [1.165, 1.54) is 13.2 Å². The molecule has 24 heavy (non-hydrogen) atoms. The van der Waals surface area contributed by atoms with Crippen molar-refractivity contribution in [2.24, 2.45) is 12.0 Å². The number of aryl methyl sites for hydroxylation is 1. The maximum Gasteiger partial charge on any atom is 0.435 e. The van der Waals surface area contributed by atoms with Crippen LogP contribution in [0.5, 0.6) is 0 Å². The average Bonchev–Trinajstić information content (AvgIpc) is 3.10. The SMILES string of the molecule is CCNC(=NCc1cn(C)nc1C(F)(F)F)NCC1CCCO1.I. The first-order chi connectivity index (χ1) is 10.9. The molecule has 1 aromatic rings. The molecule has 0 bridgehead atoms. The van der Waals surface area contributed by atoms with Crippen molar-refractivity contribution in [3.05, 3.63) is 17.5 Å². The van der Waals surface area contributed by atoms with Crippen molar-refractivity contribution in [1.82, 2.24) is 20.4 Å². The number of aliphatic imine (C=N–C) groups is 1. The predicted molar refractivity (Wildman–Crippen MR) is 95.4 cm³/mol. The number of ether oxygens (including phenoxy) is 1. The summed E-state index contributed by atoms with van der Waals surface area (Å²) in [7, 11) is 1.46. The molecule has 1 fully saturated rings. The molecule has 0 amide bonds. The van der Waals surface area contributed by atoms with E-state index >= 15 is 0 Å². The minimum Gasteiger partial charge on any atom is -0.376 e. The quantitative estimate of drug-likeness (QED) is 0.402. The van der Waals surface area contributed by atoms with Crippen molar-refractivity contribution in [3.8, 4) is 0 Å². The molecule has 1 aliphatic rings. The number of aromatic nitrogens is 2. The van der Waals surface area contributed by atoms with Crippen molar-refractivity contribution in [2.75, 3.05) is 19.7 Å². The van der Waals surface area contributed by atoms with Gasteiger partial charge in [0, 0.05) is 38.5 Å². The van der Waals surface area contributed by atoms with Crippen LogP contribution in [-0.4, -0.2) is 41.5 Å². The molecule has 0 spiro atoms. The number of hydrogen-bond donors (Lipinski definition) is 2. The van der Waals surface area contributed by atoms with E-state index in [1.807, 2.05) is 6.92 Å². The van der Waals surface area contributed by atoms with Gasteiger partial charge in [-0.1, -0.05) is 0 Å². The summed E-state index contributed by atoms with van der Waals surface area (Å²) in [5, 5.41) is 9.60. The molecule has 1 saturated heterocycles. The molecule has 0 radical (unpaired) electrons. The molecular weight excluding hydrogens is 438 g/mol. The minimum absolute atomic E-state index is 0. The number of nitrogens with zero attached hydrogens (tertiary/aromatic N) is 3. The number of halogens is 4. The molecule has 1 aromatic heterocycles. The standard InChI is InChI=1S/C14H22F3N5O.HI/c1-3-18-13(20-8-11-5-4-6-23-11)19-7-10-9-22(2)21-12(10)14(15,16)17;/h9,11H,3-8H2,1-2H3,(H2,18,19,20);1H. The Morgan fingerprint density at radius 2 is 2.21 bits per heavy atom. The molecular formula is C14H23F3IN5O. The van der Waals surface area contributed by atoms with Gasteiger partial charge in [-0.25, -0.2) is 4.99 Å². The van der Waals surface area contributed by atoms with Gasteiger partial charge in [-0.2, -0.15) is 18.3 Å². The predicted octanol–water partition coefficient (Wildman–Crippen LogP) is 2.29. The van der Waals surface area contributed by atoms with Crippen LogP contribution >= 0.6 is 24.0 Å². The second-order valence-corrected chi connectivity index (χ2v) is 5.39. The summed E-state index contributed by atoms with van der Waals surface area (Å²) in [6.45, 7) is 3.77. The summed E-state index contributed by atoms with van der Waals surface area (Å²) < 4.78 is 45.4. The Bertz CT molecular complexity index is 541. The van der Waals surface area contributed by atoms with E-state index in [4.69, 9.17) is 4.74 Å². The molecule has 0 saturated carbocycles. The molecule has 1 unspecified atom stereocenters. The maximum absolute atomic E-state index is 12.9. The Balaban J connectivity index is 0.00000288. The maximum atomic E-state index is 12.9. The molecule has 1 atom stereocenters. The number of guanidine groups is 1. The lowest BCUT2D eigenvalue weighted by Crippen LogP contribution is -2.41. The van der Waals surface area contributed by atoms with E-state index in [9.17, 15) is 13.2 Å². The van der Waals surface area contributed by atoms with Crippen LogP contribution in [0.2, 0.25) is 0 Å². The zero-order valence-electron chi connectivity index (χ0n) is 13.7. The Morgan fingerprint density at radius 3 is 2.79 bits per heavy atom. The summed E-state index contributed by atoms with van der Waals surface area (Å²) in [5.74, 6) is 0.472. The Kier molecular flexibility index (Phi) is 8.27. The minimum atomic E-state index is -4.48. The molecule has 0 aromatic carbocycles. The van der Waals surface area contributed by atoms with Gasteiger partial charge in [0.25, 0.3) is 0 Å². The topological polar surface area (TPSA) is 63.5 Å². The molecule has 6 nitrogen and oxygen atoms in total. The van der Waals surface area contributed by atoms with Crippen molar-refractivity contribution < 1.29 is 17.9 Å². The summed E-state index contributed by atoms with van der Waals surface area (Å²) >= 11 is 0. The fraction of sp³-hybridized carbons (Fsp3) is 0.714.